The number of nitrogens with zero attached hydrogens (tertiary/aromatic N) is 2. The van der Waals surface area contributed by atoms with Crippen molar-refractivity contribution in [3.63, 3.8) is 0 Å². The SMILES string of the molecule is CN=C(NCCCOCC1CCOCC1)NCc1ccccc1CN1CCOCC1. The number of guanidine groups is 1. The summed E-state index contributed by atoms with van der Waals surface area (Å²) in [5.41, 5.74) is 2.68. The molecule has 0 unspecified atom stereocenters. The first-order valence-electron chi connectivity index (χ1n) is 11.3. The molecule has 3 rings (SSSR count). The fourth-order valence-corrected chi connectivity index (χ4v) is 3.83. The number of ether oxygens (including phenoxy) is 3. The van der Waals surface area contributed by atoms with Gasteiger partial charge in [0.2, 0.25) is 0 Å². The van der Waals surface area contributed by atoms with Crippen molar-refractivity contribution in [1.82, 2.24) is 15.5 Å². The molecule has 2 saturated heterocycles. The van der Waals surface area contributed by atoms with Gasteiger partial charge in [0.1, 0.15) is 0 Å². The van der Waals surface area contributed by atoms with Crippen LogP contribution >= 0.6 is 0 Å². The van der Waals surface area contributed by atoms with Crippen LogP contribution < -0.4 is 10.6 Å². The van der Waals surface area contributed by atoms with Crippen LogP contribution in [0.25, 0.3) is 0 Å². The van der Waals surface area contributed by atoms with E-state index in [0.29, 0.717) is 5.92 Å². The maximum Gasteiger partial charge on any atom is 0.191 e. The summed E-state index contributed by atoms with van der Waals surface area (Å²) in [5.74, 6) is 1.50. The van der Waals surface area contributed by atoms with Gasteiger partial charge in [0.25, 0.3) is 0 Å². The third-order valence-corrected chi connectivity index (χ3v) is 5.74. The van der Waals surface area contributed by atoms with Crippen LogP contribution in [0.2, 0.25) is 0 Å². The molecule has 2 fully saturated rings. The van der Waals surface area contributed by atoms with Gasteiger partial charge in [0.05, 0.1) is 13.2 Å². The number of benzene rings is 1. The van der Waals surface area contributed by atoms with Gasteiger partial charge >= 0.3 is 0 Å². The van der Waals surface area contributed by atoms with E-state index in [-0.39, 0.29) is 0 Å². The first kappa shape index (κ1) is 23.0. The highest BCUT2D eigenvalue weighted by Gasteiger charge is 2.14. The van der Waals surface area contributed by atoms with E-state index in [9.17, 15) is 0 Å². The Balaban J connectivity index is 1.33. The average molecular weight is 419 g/mol. The number of hydrogen-bond donors (Lipinski definition) is 2. The predicted molar refractivity (Wildman–Crippen MR) is 120 cm³/mol. The van der Waals surface area contributed by atoms with E-state index in [1.165, 1.54) is 11.1 Å². The summed E-state index contributed by atoms with van der Waals surface area (Å²) in [5, 5.41) is 6.84. The molecule has 0 aromatic heterocycles. The number of aliphatic imine (C=N–C) groups is 1. The van der Waals surface area contributed by atoms with Crippen molar-refractivity contribution in [1.29, 1.82) is 0 Å². The molecule has 7 nitrogen and oxygen atoms in total. The van der Waals surface area contributed by atoms with Crippen LogP contribution in [0, 0.1) is 5.92 Å². The fourth-order valence-electron chi connectivity index (χ4n) is 3.83. The highest BCUT2D eigenvalue weighted by molar-refractivity contribution is 5.79. The molecule has 0 radical (unpaired) electrons. The average Bonchev–Trinajstić information content (AvgIpc) is 2.80. The van der Waals surface area contributed by atoms with Gasteiger partial charge in [-0.25, -0.2) is 0 Å². The second-order valence-corrected chi connectivity index (χ2v) is 7.99. The largest absolute Gasteiger partial charge is 0.381 e. The summed E-state index contributed by atoms with van der Waals surface area (Å²) in [4.78, 5) is 6.81. The van der Waals surface area contributed by atoms with E-state index < -0.39 is 0 Å². The second-order valence-electron chi connectivity index (χ2n) is 7.99. The lowest BCUT2D eigenvalue weighted by Crippen LogP contribution is -2.38. The second kappa shape index (κ2) is 13.6. The Labute approximate surface area is 181 Å². The van der Waals surface area contributed by atoms with Crippen LogP contribution in [-0.4, -0.2) is 77.2 Å². The standard InChI is InChI=1S/C23H38N4O3/c1-24-23(25-9-4-12-30-19-20-7-13-28-14-8-20)26-17-21-5-2-3-6-22(21)18-27-10-15-29-16-11-27/h2-3,5-6,20H,4,7-19H2,1H3,(H2,24,25,26). The van der Waals surface area contributed by atoms with Gasteiger partial charge < -0.3 is 24.8 Å². The van der Waals surface area contributed by atoms with Gasteiger partial charge in [-0.2, -0.15) is 0 Å². The molecule has 0 aliphatic carbocycles. The molecular weight excluding hydrogens is 380 g/mol. The summed E-state index contributed by atoms with van der Waals surface area (Å²) in [6.45, 7) is 9.65. The molecule has 2 N–H and O–H groups in total. The highest BCUT2D eigenvalue weighted by atomic mass is 16.5. The minimum absolute atomic E-state index is 0.665. The summed E-state index contributed by atoms with van der Waals surface area (Å²) in [6.07, 6.45) is 3.22. The third kappa shape index (κ3) is 8.22. The van der Waals surface area contributed by atoms with Gasteiger partial charge in [0.15, 0.2) is 5.96 Å². The smallest absolute Gasteiger partial charge is 0.191 e. The first-order chi connectivity index (χ1) is 14.8. The summed E-state index contributed by atoms with van der Waals surface area (Å²) >= 11 is 0. The van der Waals surface area contributed by atoms with Crippen LogP contribution in [0.5, 0.6) is 0 Å². The van der Waals surface area contributed by atoms with Crippen LogP contribution in [0.1, 0.15) is 30.4 Å². The Kier molecular flexibility index (Phi) is 10.4. The summed E-state index contributed by atoms with van der Waals surface area (Å²) in [6, 6.07) is 8.64. The maximum absolute atomic E-state index is 5.84. The number of nitrogens with one attached hydrogen (secondary N) is 2. The summed E-state index contributed by atoms with van der Waals surface area (Å²) < 4.78 is 16.7. The number of hydrogen-bond acceptors (Lipinski definition) is 5. The van der Waals surface area contributed by atoms with Gasteiger partial charge in [-0.15, -0.1) is 0 Å². The molecule has 0 spiro atoms. The van der Waals surface area contributed by atoms with Gasteiger partial charge in [-0.1, -0.05) is 24.3 Å². The quantitative estimate of drug-likeness (QED) is 0.344. The third-order valence-electron chi connectivity index (χ3n) is 5.74. The monoisotopic (exact) mass is 418 g/mol. The van der Waals surface area contributed by atoms with E-state index >= 15 is 0 Å². The molecule has 0 saturated carbocycles. The van der Waals surface area contributed by atoms with Crippen molar-refractivity contribution >= 4 is 5.96 Å². The molecule has 7 heteroatoms. The van der Waals surface area contributed by atoms with Crippen molar-refractivity contribution in [2.24, 2.45) is 10.9 Å². The Morgan fingerprint density at radius 2 is 1.80 bits per heavy atom. The molecular formula is C23H38N4O3. The van der Waals surface area contributed by atoms with Crippen LogP contribution in [0.15, 0.2) is 29.3 Å². The van der Waals surface area contributed by atoms with Gasteiger partial charge in [-0.05, 0) is 36.3 Å². The lowest BCUT2D eigenvalue weighted by Gasteiger charge is -2.27. The first-order valence-corrected chi connectivity index (χ1v) is 11.3. The summed E-state index contributed by atoms with van der Waals surface area (Å²) in [7, 11) is 1.82. The number of rotatable bonds is 10. The zero-order valence-corrected chi connectivity index (χ0v) is 18.4. The van der Waals surface area contributed by atoms with E-state index in [2.05, 4.69) is 44.8 Å². The maximum atomic E-state index is 5.84. The van der Waals surface area contributed by atoms with Crippen molar-refractivity contribution in [3.05, 3.63) is 35.4 Å². The van der Waals surface area contributed by atoms with E-state index in [0.717, 1.165) is 97.6 Å². The minimum atomic E-state index is 0.665. The van der Waals surface area contributed by atoms with E-state index in [1.54, 1.807) is 0 Å². The van der Waals surface area contributed by atoms with Crippen molar-refractivity contribution < 1.29 is 14.2 Å². The van der Waals surface area contributed by atoms with E-state index in [4.69, 9.17) is 14.2 Å². The topological polar surface area (TPSA) is 67.4 Å². The van der Waals surface area contributed by atoms with Crippen LogP contribution in [0.3, 0.4) is 0 Å². The Morgan fingerprint density at radius 1 is 1.07 bits per heavy atom. The fraction of sp³-hybridized carbons (Fsp3) is 0.696. The molecule has 0 amide bonds. The molecule has 0 bridgehead atoms. The van der Waals surface area contributed by atoms with Crippen LogP contribution in [-0.2, 0) is 27.3 Å². The Hall–Kier alpha value is -1.67. The van der Waals surface area contributed by atoms with Gasteiger partial charge in [-0.3, -0.25) is 9.89 Å². The lowest BCUT2D eigenvalue weighted by molar-refractivity contribution is 0.0203. The zero-order chi connectivity index (χ0) is 20.9. The molecule has 2 aliphatic heterocycles. The molecule has 2 aliphatic rings. The number of morpholine rings is 1. The Bertz CT molecular complexity index is 629. The van der Waals surface area contributed by atoms with Crippen molar-refractivity contribution in [2.45, 2.75) is 32.4 Å². The van der Waals surface area contributed by atoms with Gasteiger partial charge in [0, 0.05) is 66.2 Å². The Morgan fingerprint density at radius 3 is 2.57 bits per heavy atom. The molecule has 168 valence electrons. The van der Waals surface area contributed by atoms with Crippen molar-refractivity contribution in [2.75, 3.05) is 66.3 Å². The molecule has 30 heavy (non-hydrogen) atoms. The molecule has 1 aromatic rings. The van der Waals surface area contributed by atoms with E-state index in [1.807, 2.05) is 7.05 Å². The molecule has 1 aromatic carbocycles. The normalized spacial score (nSPS) is 19.0. The van der Waals surface area contributed by atoms with Crippen LogP contribution in [0.4, 0.5) is 0 Å². The molecule has 2 heterocycles. The predicted octanol–water partition coefficient (Wildman–Crippen LogP) is 2.02. The highest BCUT2D eigenvalue weighted by Crippen LogP contribution is 2.15. The van der Waals surface area contributed by atoms with Crippen molar-refractivity contribution in [3.8, 4) is 0 Å². The zero-order valence-electron chi connectivity index (χ0n) is 18.4. The lowest BCUT2D eigenvalue weighted by atomic mass is 10.0. The molecule has 0 atom stereocenters. The minimum Gasteiger partial charge on any atom is -0.381 e.